The number of nitrogens with one attached hydrogen (secondary N) is 1. The maximum Gasteiger partial charge on any atom is 0.0798 e. The van der Waals surface area contributed by atoms with E-state index in [-0.39, 0.29) is 0 Å². The van der Waals surface area contributed by atoms with Crippen LogP contribution >= 0.6 is 11.3 Å². The molecule has 1 aromatic heterocycles. The molecular formula is C16H26N2S. The molecule has 0 aliphatic heterocycles. The molecule has 1 aromatic rings. The molecule has 0 radical (unpaired) electrons. The molecule has 4 atom stereocenters. The minimum absolute atomic E-state index is 0.424. The van der Waals surface area contributed by atoms with Gasteiger partial charge in [-0.15, -0.1) is 11.3 Å². The van der Waals surface area contributed by atoms with Crippen LogP contribution in [0.2, 0.25) is 0 Å². The summed E-state index contributed by atoms with van der Waals surface area (Å²) < 4.78 is 0. The van der Waals surface area contributed by atoms with Gasteiger partial charge in [0, 0.05) is 17.0 Å². The number of aryl methyl sites for hydroxylation is 1. The second-order valence-corrected chi connectivity index (χ2v) is 8.42. The Morgan fingerprint density at radius 2 is 2.16 bits per heavy atom. The van der Waals surface area contributed by atoms with E-state index in [9.17, 15) is 0 Å². The van der Waals surface area contributed by atoms with Crippen LogP contribution in [0.5, 0.6) is 0 Å². The summed E-state index contributed by atoms with van der Waals surface area (Å²) in [6.07, 6.45) is 4.23. The van der Waals surface area contributed by atoms with Crippen molar-refractivity contribution in [2.45, 2.75) is 66.0 Å². The Hall–Kier alpha value is -0.410. The third-order valence-corrected chi connectivity index (χ3v) is 6.98. The van der Waals surface area contributed by atoms with Crippen molar-refractivity contribution in [3.8, 4) is 0 Å². The highest BCUT2D eigenvalue weighted by Gasteiger charge is 2.59. The van der Waals surface area contributed by atoms with Crippen molar-refractivity contribution in [1.29, 1.82) is 0 Å². The first-order valence-corrected chi connectivity index (χ1v) is 8.38. The predicted molar refractivity (Wildman–Crippen MR) is 81.4 cm³/mol. The normalized spacial score (nSPS) is 37.7. The number of thiazole rings is 1. The van der Waals surface area contributed by atoms with Gasteiger partial charge in [-0.05, 0) is 49.9 Å². The fourth-order valence-corrected chi connectivity index (χ4v) is 5.59. The highest BCUT2D eigenvalue weighted by Crippen LogP contribution is 2.62. The maximum atomic E-state index is 4.39. The molecule has 3 rings (SSSR count). The summed E-state index contributed by atoms with van der Waals surface area (Å²) in [4.78, 5) is 5.80. The van der Waals surface area contributed by atoms with Crippen molar-refractivity contribution in [2.24, 2.45) is 16.7 Å². The molecule has 106 valence electrons. The Morgan fingerprint density at radius 3 is 2.68 bits per heavy atom. The van der Waals surface area contributed by atoms with Crippen LogP contribution in [0.3, 0.4) is 0 Å². The molecule has 2 aliphatic rings. The zero-order chi connectivity index (χ0) is 13.8. The van der Waals surface area contributed by atoms with Crippen LogP contribution in [0.1, 0.15) is 63.6 Å². The van der Waals surface area contributed by atoms with Crippen molar-refractivity contribution in [3.05, 3.63) is 16.1 Å². The molecule has 2 saturated carbocycles. The van der Waals surface area contributed by atoms with Crippen molar-refractivity contribution in [2.75, 3.05) is 0 Å². The lowest BCUT2D eigenvalue weighted by Gasteiger charge is -2.44. The second-order valence-electron chi connectivity index (χ2n) is 7.54. The van der Waals surface area contributed by atoms with Gasteiger partial charge in [-0.25, -0.2) is 4.98 Å². The first kappa shape index (κ1) is 13.6. The van der Waals surface area contributed by atoms with Gasteiger partial charge in [-0.3, -0.25) is 0 Å². The highest BCUT2D eigenvalue weighted by atomic mass is 32.1. The van der Waals surface area contributed by atoms with Crippen molar-refractivity contribution in [3.63, 3.8) is 0 Å². The minimum Gasteiger partial charge on any atom is -0.306 e. The zero-order valence-electron chi connectivity index (χ0n) is 12.8. The van der Waals surface area contributed by atoms with E-state index in [1.54, 1.807) is 11.3 Å². The molecule has 0 spiro atoms. The van der Waals surface area contributed by atoms with Crippen LogP contribution < -0.4 is 5.32 Å². The molecule has 2 aliphatic carbocycles. The first-order valence-electron chi connectivity index (χ1n) is 7.50. The Morgan fingerprint density at radius 1 is 1.42 bits per heavy atom. The van der Waals surface area contributed by atoms with Crippen LogP contribution in [0.4, 0.5) is 0 Å². The maximum absolute atomic E-state index is 4.39. The number of fused-ring (bicyclic) bond motifs is 2. The topological polar surface area (TPSA) is 24.9 Å². The molecular weight excluding hydrogens is 252 g/mol. The Labute approximate surface area is 121 Å². The fourth-order valence-electron chi connectivity index (χ4n) is 4.77. The van der Waals surface area contributed by atoms with Crippen LogP contribution in [-0.4, -0.2) is 11.0 Å². The van der Waals surface area contributed by atoms with E-state index in [4.69, 9.17) is 0 Å². The van der Waals surface area contributed by atoms with Crippen molar-refractivity contribution < 1.29 is 0 Å². The predicted octanol–water partition coefficient (Wildman–Crippen LogP) is 4.32. The molecule has 2 nitrogen and oxygen atoms in total. The molecule has 3 heteroatoms. The van der Waals surface area contributed by atoms with E-state index in [2.05, 4.69) is 44.9 Å². The third kappa shape index (κ3) is 1.97. The Kier molecular flexibility index (Phi) is 3.06. The summed E-state index contributed by atoms with van der Waals surface area (Å²) in [5, 5.41) is 3.95. The summed E-state index contributed by atoms with van der Waals surface area (Å²) in [5.74, 6) is 0.907. The third-order valence-electron chi connectivity index (χ3n) is 5.86. The number of hydrogen-bond donors (Lipinski definition) is 1. The number of nitrogens with zero attached hydrogens (tertiary/aromatic N) is 1. The van der Waals surface area contributed by atoms with E-state index < -0.39 is 0 Å². The van der Waals surface area contributed by atoms with Gasteiger partial charge in [-0.2, -0.15) is 0 Å². The standard InChI is InChI=1S/C16H26N2S/c1-10-13(19-9-17-10)11(2)18-14-15(3,4)12-6-7-16(14,5)8-12/h9,11-12,14,18H,6-8H2,1-5H3. The van der Waals surface area contributed by atoms with Gasteiger partial charge in [-0.1, -0.05) is 20.8 Å². The summed E-state index contributed by atoms with van der Waals surface area (Å²) in [7, 11) is 0. The molecule has 4 unspecified atom stereocenters. The SMILES string of the molecule is Cc1ncsc1C(C)NC1C2(C)CCC(C2)C1(C)C. The Balaban J connectivity index is 1.81. The number of hydrogen-bond acceptors (Lipinski definition) is 3. The number of aromatic nitrogens is 1. The first-order chi connectivity index (χ1) is 8.84. The average Bonchev–Trinajstić information content (AvgIpc) is 2.95. The van der Waals surface area contributed by atoms with E-state index in [1.807, 2.05) is 5.51 Å². The molecule has 1 N–H and O–H groups in total. The molecule has 0 saturated heterocycles. The summed E-state index contributed by atoms with van der Waals surface area (Å²) in [5.41, 5.74) is 4.09. The van der Waals surface area contributed by atoms with Gasteiger partial charge in [0.05, 0.1) is 11.2 Å². The lowest BCUT2D eigenvalue weighted by Crippen LogP contribution is -2.50. The molecule has 2 fully saturated rings. The summed E-state index contributed by atoms with van der Waals surface area (Å²) in [6, 6.07) is 1.06. The van der Waals surface area contributed by atoms with Crippen molar-refractivity contribution >= 4 is 11.3 Å². The smallest absolute Gasteiger partial charge is 0.0798 e. The lowest BCUT2D eigenvalue weighted by molar-refractivity contribution is 0.101. The summed E-state index contributed by atoms with van der Waals surface area (Å²) >= 11 is 1.79. The second kappa shape index (κ2) is 4.29. The molecule has 2 bridgehead atoms. The number of rotatable bonds is 3. The van der Waals surface area contributed by atoms with Gasteiger partial charge in [0.1, 0.15) is 0 Å². The lowest BCUT2D eigenvalue weighted by atomic mass is 9.68. The highest BCUT2D eigenvalue weighted by molar-refractivity contribution is 7.09. The molecule has 1 heterocycles. The van der Waals surface area contributed by atoms with Crippen LogP contribution in [0.15, 0.2) is 5.51 Å². The molecule has 0 aromatic carbocycles. The average molecular weight is 278 g/mol. The van der Waals surface area contributed by atoms with Crippen LogP contribution in [-0.2, 0) is 0 Å². The molecule has 19 heavy (non-hydrogen) atoms. The zero-order valence-corrected chi connectivity index (χ0v) is 13.6. The van der Waals surface area contributed by atoms with E-state index in [0.717, 1.165) is 5.92 Å². The van der Waals surface area contributed by atoms with Crippen molar-refractivity contribution in [1.82, 2.24) is 10.3 Å². The van der Waals surface area contributed by atoms with E-state index >= 15 is 0 Å². The monoisotopic (exact) mass is 278 g/mol. The summed E-state index contributed by atoms with van der Waals surface area (Å²) in [6.45, 7) is 11.8. The van der Waals surface area contributed by atoms with Gasteiger partial charge in [0.2, 0.25) is 0 Å². The van der Waals surface area contributed by atoms with E-state index in [1.165, 1.54) is 29.8 Å². The van der Waals surface area contributed by atoms with Crippen LogP contribution in [0.25, 0.3) is 0 Å². The van der Waals surface area contributed by atoms with Gasteiger partial charge in [0.15, 0.2) is 0 Å². The van der Waals surface area contributed by atoms with Crippen LogP contribution in [0, 0.1) is 23.7 Å². The van der Waals surface area contributed by atoms with Gasteiger partial charge in [0.25, 0.3) is 0 Å². The largest absolute Gasteiger partial charge is 0.306 e. The fraction of sp³-hybridized carbons (Fsp3) is 0.812. The minimum atomic E-state index is 0.424. The van der Waals surface area contributed by atoms with Gasteiger partial charge < -0.3 is 5.32 Å². The van der Waals surface area contributed by atoms with E-state index in [0.29, 0.717) is 22.9 Å². The van der Waals surface area contributed by atoms with Gasteiger partial charge >= 0.3 is 0 Å². The molecule has 0 amide bonds. The Bertz CT molecular complexity index is 474. The quantitative estimate of drug-likeness (QED) is 0.891.